The average Bonchev–Trinajstić information content (AvgIpc) is 2.87. The molecule has 0 amide bonds. The Morgan fingerprint density at radius 3 is 2.61 bits per heavy atom. The van der Waals surface area contributed by atoms with Crippen LogP contribution < -0.4 is 5.32 Å². The van der Waals surface area contributed by atoms with Gasteiger partial charge in [-0.2, -0.15) is 0 Å². The summed E-state index contributed by atoms with van der Waals surface area (Å²) in [5.41, 5.74) is 0. The summed E-state index contributed by atoms with van der Waals surface area (Å²) in [6.45, 7) is 9.30. The first-order valence-corrected chi connectivity index (χ1v) is 8.13. The van der Waals surface area contributed by atoms with E-state index in [4.69, 9.17) is 0 Å². The lowest BCUT2D eigenvalue weighted by Crippen LogP contribution is -2.42. The van der Waals surface area contributed by atoms with Crippen molar-refractivity contribution >= 4 is 11.3 Å². The van der Waals surface area contributed by atoms with Gasteiger partial charge in [-0.3, -0.25) is 4.90 Å². The van der Waals surface area contributed by atoms with Crippen LogP contribution in [-0.2, 0) is 13.0 Å². The summed E-state index contributed by atoms with van der Waals surface area (Å²) < 4.78 is 0. The van der Waals surface area contributed by atoms with Gasteiger partial charge >= 0.3 is 0 Å². The van der Waals surface area contributed by atoms with E-state index in [1.165, 1.54) is 42.1 Å². The number of thiophene rings is 1. The zero-order valence-corrected chi connectivity index (χ0v) is 12.6. The maximum absolute atomic E-state index is 3.60. The molecule has 102 valence electrons. The summed E-state index contributed by atoms with van der Waals surface area (Å²) in [5.74, 6) is 0. The molecule has 2 rings (SSSR count). The number of hydrogen-bond donors (Lipinski definition) is 1. The third-order valence-electron chi connectivity index (χ3n) is 3.82. The molecule has 1 aliphatic rings. The van der Waals surface area contributed by atoms with Crippen LogP contribution in [0, 0.1) is 0 Å². The van der Waals surface area contributed by atoms with Crippen LogP contribution >= 0.6 is 11.3 Å². The Kier molecular flexibility index (Phi) is 5.67. The van der Waals surface area contributed by atoms with E-state index in [-0.39, 0.29) is 0 Å². The van der Waals surface area contributed by atoms with Gasteiger partial charge < -0.3 is 5.32 Å². The van der Waals surface area contributed by atoms with Gasteiger partial charge in [0.1, 0.15) is 0 Å². The van der Waals surface area contributed by atoms with Crippen molar-refractivity contribution in [2.45, 2.75) is 52.1 Å². The molecule has 2 heterocycles. The minimum absolute atomic E-state index is 0.677. The Bertz CT molecular complexity index is 342. The highest BCUT2D eigenvalue weighted by Crippen LogP contribution is 2.16. The van der Waals surface area contributed by atoms with Gasteiger partial charge in [0.25, 0.3) is 0 Å². The molecular weight excluding hydrogens is 240 g/mol. The number of nitrogens with one attached hydrogen (secondary N) is 1. The SMILES string of the molecule is CCc1ccc(CNCC(C)N2CCCCC2)s1. The molecule has 0 bridgehead atoms. The van der Waals surface area contributed by atoms with Gasteiger partial charge in [0, 0.05) is 28.9 Å². The fourth-order valence-corrected chi connectivity index (χ4v) is 3.53. The second kappa shape index (κ2) is 7.27. The van der Waals surface area contributed by atoms with Gasteiger partial charge in [0.05, 0.1) is 0 Å². The van der Waals surface area contributed by atoms with E-state index in [1.807, 2.05) is 11.3 Å². The topological polar surface area (TPSA) is 15.3 Å². The molecule has 0 spiro atoms. The molecule has 1 atom stereocenters. The van der Waals surface area contributed by atoms with E-state index in [1.54, 1.807) is 0 Å². The summed E-state index contributed by atoms with van der Waals surface area (Å²) in [6, 6.07) is 5.20. The van der Waals surface area contributed by atoms with Gasteiger partial charge in [-0.1, -0.05) is 13.3 Å². The van der Waals surface area contributed by atoms with Crippen molar-refractivity contribution in [3.05, 3.63) is 21.9 Å². The van der Waals surface area contributed by atoms with Crippen LogP contribution in [0.25, 0.3) is 0 Å². The second-order valence-corrected chi connectivity index (χ2v) is 6.55. The third kappa shape index (κ3) is 4.08. The molecule has 0 aliphatic carbocycles. The zero-order chi connectivity index (χ0) is 12.8. The summed E-state index contributed by atoms with van der Waals surface area (Å²) in [4.78, 5) is 5.59. The van der Waals surface area contributed by atoms with Gasteiger partial charge in [0.15, 0.2) is 0 Å². The first-order chi connectivity index (χ1) is 8.79. The number of likely N-dealkylation sites (tertiary alicyclic amines) is 1. The summed E-state index contributed by atoms with van der Waals surface area (Å²) >= 11 is 1.94. The smallest absolute Gasteiger partial charge is 0.0300 e. The molecule has 0 saturated carbocycles. The van der Waals surface area contributed by atoms with Crippen molar-refractivity contribution in [2.75, 3.05) is 19.6 Å². The molecule has 1 aliphatic heterocycles. The van der Waals surface area contributed by atoms with E-state index in [0.717, 1.165) is 19.5 Å². The van der Waals surface area contributed by atoms with Crippen molar-refractivity contribution in [2.24, 2.45) is 0 Å². The molecule has 1 saturated heterocycles. The first-order valence-electron chi connectivity index (χ1n) is 7.32. The van der Waals surface area contributed by atoms with Crippen LogP contribution in [0.15, 0.2) is 12.1 Å². The standard InChI is InChI=1S/C15H26N2S/c1-3-14-7-8-15(18-14)12-16-11-13(2)17-9-5-4-6-10-17/h7-8,13,16H,3-6,9-12H2,1-2H3. The number of rotatable bonds is 6. The van der Waals surface area contributed by atoms with Crippen molar-refractivity contribution in [3.63, 3.8) is 0 Å². The largest absolute Gasteiger partial charge is 0.310 e. The van der Waals surface area contributed by atoms with E-state index < -0.39 is 0 Å². The quantitative estimate of drug-likeness (QED) is 0.850. The molecule has 0 radical (unpaired) electrons. The Morgan fingerprint density at radius 2 is 1.94 bits per heavy atom. The van der Waals surface area contributed by atoms with Crippen LogP contribution in [-0.4, -0.2) is 30.6 Å². The highest BCUT2D eigenvalue weighted by Gasteiger charge is 2.15. The van der Waals surface area contributed by atoms with Gasteiger partial charge in [-0.05, 0) is 51.4 Å². The minimum atomic E-state index is 0.677. The molecule has 1 N–H and O–H groups in total. The van der Waals surface area contributed by atoms with Gasteiger partial charge in [-0.25, -0.2) is 0 Å². The third-order valence-corrected chi connectivity index (χ3v) is 5.05. The van der Waals surface area contributed by atoms with E-state index in [2.05, 4.69) is 36.2 Å². The maximum atomic E-state index is 3.60. The van der Waals surface area contributed by atoms with Crippen LogP contribution in [0.2, 0.25) is 0 Å². The predicted molar refractivity (Wildman–Crippen MR) is 80.3 cm³/mol. The highest BCUT2D eigenvalue weighted by molar-refractivity contribution is 7.11. The van der Waals surface area contributed by atoms with Crippen molar-refractivity contribution in [3.8, 4) is 0 Å². The van der Waals surface area contributed by atoms with E-state index in [9.17, 15) is 0 Å². The zero-order valence-electron chi connectivity index (χ0n) is 11.7. The number of piperidine rings is 1. The lowest BCUT2D eigenvalue weighted by atomic mass is 10.1. The van der Waals surface area contributed by atoms with Crippen molar-refractivity contribution in [1.29, 1.82) is 0 Å². The summed E-state index contributed by atoms with van der Waals surface area (Å²) in [5, 5.41) is 3.60. The molecule has 1 aromatic rings. The molecular formula is C15H26N2S. The predicted octanol–water partition coefficient (Wildman–Crippen LogP) is 3.27. The first kappa shape index (κ1) is 14.0. The Morgan fingerprint density at radius 1 is 1.22 bits per heavy atom. The van der Waals surface area contributed by atoms with Crippen LogP contribution in [0.5, 0.6) is 0 Å². The highest BCUT2D eigenvalue weighted by atomic mass is 32.1. The number of aryl methyl sites for hydroxylation is 1. The Balaban J connectivity index is 1.67. The van der Waals surface area contributed by atoms with Crippen molar-refractivity contribution < 1.29 is 0 Å². The monoisotopic (exact) mass is 266 g/mol. The average molecular weight is 266 g/mol. The normalized spacial score (nSPS) is 19.0. The van der Waals surface area contributed by atoms with Crippen molar-refractivity contribution in [1.82, 2.24) is 10.2 Å². The lowest BCUT2D eigenvalue weighted by Gasteiger charge is -2.32. The van der Waals surface area contributed by atoms with Crippen LogP contribution in [0.4, 0.5) is 0 Å². The van der Waals surface area contributed by atoms with Gasteiger partial charge in [-0.15, -0.1) is 11.3 Å². The molecule has 0 aromatic carbocycles. The fourth-order valence-electron chi connectivity index (χ4n) is 2.60. The minimum Gasteiger partial charge on any atom is -0.310 e. The van der Waals surface area contributed by atoms with E-state index in [0.29, 0.717) is 6.04 Å². The molecule has 1 unspecified atom stereocenters. The van der Waals surface area contributed by atoms with E-state index >= 15 is 0 Å². The van der Waals surface area contributed by atoms with Crippen LogP contribution in [0.3, 0.4) is 0 Å². The molecule has 18 heavy (non-hydrogen) atoms. The van der Waals surface area contributed by atoms with Crippen LogP contribution in [0.1, 0.15) is 42.9 Å². The number of hydrogen-bond acceptors (Lipinski definition) is 3. The Labute approximate surface area is 115 Å². The number of nitrogens with zero attached hydrogens (tertiary/aromatic N) is 1. The Hall–Kier alpha value is -0.380. The maximum Gasteiger partial charge on any atom is 0.0300 e. The summed E-state index contributed by atoms with van der Waals surface area (Å²) in [6.07, 6.45) is 5.35. The fraction of sp³-hybridized carbons (Fsp3) is 0.733. The molecule has 3 heteroatoms. The second-order valence-electron chi connectivity index (χ2n) is 5.30. The summed E-state index contributed by atoms with van der Waals surface area (Å²) in [7, 11) is 0. The molecule has 2 nitrogen and oxygen atoms in total. The van der Waals surface area contributed by atoms with Gasteiger partial charge in [0.2, 0.25) is 0 Å². The lowest BCUT2D eigenvalue weighted by molar-refractivity contribution is 0.171. The molecule has 1 fully saturated rings. The molecule has 1 aromatic heterocycles.